The van der Waals surface area contributed by atoms with Gasteiger partial charge in [0, 0.05) is 35.2 Å². The maximum Gasteiger partial charge on any atom is 0.275 e. The summed E-state index contributed by atoms with van der Waals surface area (Å²) in [5, 5.41) is 6.51. The molecule has 0 saturated carbocycles. The molecule has 2 heterocycles. The van der Waals surface area contributed by atoms with Gasteiger partial charge in [0.2, 0.25) is 0 Å². The molecular formula is C21H20ClN5O. The van der Waals surface area contributed by atoms with E-state index in [1.807, 2.05) is 12.1 Å². The van der Waals surface area contributed by atoms with E-state index >= 15 is 0 Å². The normalized spacial score (nSPS) is 13.4. The number of anilines is 4. The highest BCUT2D eigenvalue weighted by molar-refractivity contribution is 6.30. The van der Waals surface area contributed by atoms with Gasteiger partial charge in [0.05, 0.1) is 12.4 Å². The van der Waals surface area contributed by atoms with Crippen LogP contribution in [-0.4, -0.2) is 29.0 Å². The van der Waals surface area contributed by atoms with Gasteiger partial charge in [-0.05, 0) is 55.3 Å². The molecule has 2 N–H and O–H groups in total. The number of carbonyl (C=O) groups excluding carboxylic acids is 1. The maximum atomic E-state index is 12.3. The molecule has 142 valence electrons. The molecule has 0 unspecified atom stereocenters. The van der Waals surface area contributed by atoms with E-state index in [4.69, 9.17) is 11.6 Å². The Hall–Kier alpha value is -3.12. The van der Waals surface area contributed by atoms with Gasteiger partial charge in [-0.25, -0.2) is 9.97 Å². The number of amides is 1. The zero-order valence-corrected chi connectivity index (χ0v) is 16.0. The van der Waals surface area contributed by atoms with E-state index in [9.17, 15) is 4.79 Å². The molecule has 3 aromatic rings. The molecule has 28 heavy (non-hydrogen) atoms. The largest absolute Gasteiger partial charge is 0.372 e. The summed E-state index contributed by atoms with van der Waals surface area (Å²) in [7, 11) is 0. The van der Waals surface area contributed by atoms with Crippen LogP contribution in [0.2, 0.25) is 5.02 Å². The summed E-state index contributed by atoms with van der Waals surface area (Å²) in [6.07, 6.45) is 5.50. The molecule has 1 aliphatic heterocycles. The fraction of sp³-hybridized carbons (Fsp3) is 0.190. The number of hydrogen-bond acceptors (Lipinski definition) is 5. The number of nitrogens with one attached hydrogen (secondary N) is 2. The molecule has 1 saturated heterocycles. The van der Waals surface area contributed by atoms with Crippen molar-refractivity contribution in [2.24, 2.45) is 0 Å². The third-order valence-electron chi connectivity index (χ3n) is 4.58. The minimum Gasteiger partial charge on any atom is -0.372 e. The zero-order valence-electron chi connectivity index (χ0n) is 15.2. The molecule has 4 rings (SSSR count). The summed E-state index contributed by atoms with van der Waals surface area (Å²) < 4.78 is 0. The molecule has 0 atom stereocenters. The summed E-state index contributed by atoms with van der Waals surface area (Å²) in [5.74, 6) is 0.240. The van der Waals surface area contributed by atoms with Crippen LogP contribution in [0.15, 0.2) is 60.9 Å². The lowest BCUT2D eigenvalue weighted by atomic mass is 10.2. The van der Waals surface area contributed by atoms with Crippen molar-refractivity contribution >= 4 is 40.4 Å². The highest BCUT2D eigenvalue weighted by Gasteiger charge is 2.12. The smallest absolute Gasteiger partial charge is 0.275 e. The summed E-state index contributed by atoms with van der Waals surface area (Å²) >= 11 is 5.93. The average molecular weight is 394 g/mol. The first-order valence-corrected chi connectivity index (χ1v) is 9.56. The Morgan fingerprint density at radius 1 is 0.964 bits per heavy atom. The highest BCUT2D eigenvalue weighted by atomic mass is 35.5. The Bertz CT molecular complexity index is 953. The van der Waals surface area contributed by atoms with E-state index in [1.54, 1.807) is 30.5 Å². The van der Waals surface area contributed by atoms with Gasteiger partial charge in [-0.2, -0.15) is 0 Å². The highest BCUT2D eigenvalue weighted by Crippen LogP contribution is 2.23. The van der Waals surface area contributed by atoms with Crippen molar-refractivity contribution in [3.05, 3.63) is 71.6 Å². The van der Waals surface area contributed by atoms with E-state index in [0.717, 1.165) is 18.8 Å². The van der Waals surface area contributed by atoms with Gasteiger partial charge in [-0.1, -0.05) is 17.7 Å². The predicted octanol–water partition coefficient (Wildman–Crippen LogP) is 4.73. The lowest BCUT2D eigenvalue weighted by Crippen LogP contribution is -2.17. The summed E-state index contributed by atoms with van der Waals surface area (Å²) in [5.41, 5.74) is 3.00. The number of benzene rings is 2. The standard InChI is InChI=1S/C21H20ClN5O/c22-15-4-3-5-17(12-15)26-21(28)19-13-24-20(14-23-19)25-16-6-8-18(9-7-16)27-10-1-2-11-27/h3-9,12-14H,1-2,10-11H2,(H,24,25)(H,26,28). The predicted molar refractivity (Wildman–Crippen MR) is 113 cm³/mol. The maximum absolute atomic E-state index is 12.3. The molecule has 6 nitrogen and oxygen atoms in total. The minimum atomic E-state index is -0.337. The number of hydrogen-bond donors (Lipinski definition) is 2. The first-order valence-electron chi connectivity index (χ1n) is 9.18. The molecule has 1 fully saturated rings. The Morgan fingerprint density at radius 3 is 2.43 bits per heavy atom. The fourth-order valence-electron chi connectivity index (χ4n) is 3.15. The van der Waals surface area contributed by atoms with Crippen LogP contribution in [0.3, 0.4) is 0 Å². The van der Waals surface area contributed by atoms with Crippen LogP contribution >= 0.6 is 11.6 Å². The van der Waals surface area contributed by atoms with Gasteiger partial charge in [-0.3, -0.25) is 4.79 Å². The SMILES string of the molecule is O=C(Nc1cccc(Cl)c1)c1cnc(Nc2ccc(N3CCCC3)cc2)cn1. The molecule has 1 aromatic heterocycles. The second-order valence-corrected chi connectivity index (χ2v) is 7.05. The monoisotopic (exact) mass is 393 g/mol. The molecule has 0 radical (unpaired) electrons. The topological polar surface area (TPSA) is 70.2 Å². The van der Waals surface area contributed by atoms with Gasteiger partial charge in [0.1, 0.15) is 11.5 Å². The van der Waals surface area contributed by atoms with E-state index < -0.39 is 0 Å². The van der Waals surface area contributed by atoms with Crippen LogP contribution in [-0.2, 0) is 0 Å². The Kier molecular flexibility index (Phi) is 5.39. The van der Waals surface area contributed by atoms with Crippen LogP contribution < -0.4 is 15.5 Å². The van der Waals surface area contributed by atoms with E-state index in [-0.39, 0.29) is 11.6 Å². The third kappa shape index (κ3) is 4.40. The van der Waals surface area contributed by atoms with Crippen molar-refractivity contribution in [1.29, 1.82) is 0 Å². The molecule has 0 spiro atoms. The van der Waals surface area contributed by atoms with Crippen LogP contribution in [0, 0.1) is 0 Å². The van der Waals surface area contributed by atoms with Crippen molar-refractivity contribution in [3.8, 4) is 0 Å². The summed E-state index contributed by atoms with van der Waals surface area (Å²) in [6.45, 7) is 2.24. The molecule has 1 amide bonds. The minimum absolute atomic E-state index is 0.231. The average Bonchev–Trinajstić information content (AvgIpc) is 3.24. The number of aromatic nitrogens is 2. The van der Waals surface area contributed by atoms with Gasteiger partial charge >= 0.3 is 0 Å². The molecule has 0 bridgehead atoms. The Labute approximate surface area is 168 Å². The first kappa shape index (κ1) is 18.3. The van der Waals surface area contributed by atoms with Gasteiger partial charge in [-0.15, -0.1) is 0 Å². The first-order chi connectivity index (χ1) is 13.7. The van der Waals surface area contributed by atoms with Gasteiger partial charge in [0.25, 0.3) is 5.91 Å². The Balaban J connectivity index is 1.38. The number of rotatable bonds is 5. The Morgan fingerprint density at radius 2 is 1.75 bits per heavy atom. The number of nitrogens with zero attached hydrogens (tertiary/aromatic N) is 3. The summed E-state index contributed by atoms with van der Waals surface area (Å²) in [4.78, 5) is 23.1. The molecule has 2 aromatic carbocycles. The lowest BCUT2D eigenvalue weighted by Gasteiger charge is -2.17. The quantitative estimate of drug-likeness (QED) is 0.656. The number of halogens is 1. The lowest BCUT2D eigenvalue weighted by molar-refractivity contribution is 0.102. The molecular weight excluding hydrogens is 374 g/mol. The van der Waals surface area contributed by atoms with E-state index in [1.165, 1.54) is 24.7 Å². The van der Waals surface area contributed by atoms with Crippen molar-refractivity contribution in [3.63, 3.8) is 0 Å². The van der Waals surface area contributed by atoms with Crippen LogP contribution in [0.25, 0.3) is 0 Å². The number of carbonyl (C=O) groups is 1. The van der Waals surface area contributed by atoms with Crippen LogP contribution in [0.5, 0.6) is 0 Å². The van der Waals surface area contributed by atoms with Crippen LogP contribution in [0.1, 0.15) is 23.3 Å². The third-order valence-corrected chi connectivity index (χ3v) is 4.81. The molecule has 0 aliphatic carbocycles. The van der Waals surface area contributed by atoms with Crippen molar-refractivity contribution < 1.29 is 4.79 Å². The molecule has 1 aliphatic rings. The second kappa shape index (κ2) is 8.27. The zero-order chi connectivity index (χ0) is 19.3. The second-order valence-electron chi connectivity index (χ2n) is 6.62. The van der Waals surface area contributed by atoms with Crippen molar-refractivity contribution in [2.45, 2.75) is 12.8 Å². The van der Waals surface area contributed by atoms with Crippen molar-refractivity contribution in [1.82, 2.24) is 9.97 Å². The van der Waals surface area contributed by atoms with Gasteiger partial charge in [0.15, 0.2) is 0 Å². The van der Waals surface area contributed by atoms with E-state index in [2.05, 4.69) is 37.6 Å². The van der Waals surface area contributed by atoms with Gasteiger partial charge < -0.3 is 15.5 Å². The fourth-order valence-corrected chi connectivity index (χ4v) is 3.34. The van der Waals surface area contributed by atoms with Crippen LogP contribution in [0.4, 0.5) is 22.9 Å². The van der Waals surface area contributed by atoms with Crippen molar-refractivity contribution in [2.75, 3.05) is 28.6 Å². The van der Waals surface area contributed by atoms with E-state index in [0.29, 0.717) is 16.5 Å². The molecule has 7 heteroatoms. The summed E-state index contributed by atoms with van der Waals surface area (Å²) in [6, 6.07) is 15.2.